The fraction of sp³-hybridized carbons (Fsp3) is 0.565. The predicted molar refractivity (Wildman–Crippen MR) is 110 cm³/mol. The van der Waals surface area contributed by atoms with Crippen molar-refractivity contribution in [1.82, 2.24) is 14.9 Å². The molecule has 2 aliphatic heterocycles. The summed E-state index contributed by atoms with van der Waals surface area (Å²) in [4.78, 5) is 16.2. The highest BCUT2D eigenvalue weighted by atomic mass is 16.5. The normalized spacial score (nSPS) is 34.4. The summed E-state index contributed by atoms with van der Waals surface area (Å²) in [7, 11) is 0. The highest BCUT2D eigenvalue weighted by Crippen LogP contribution is 2.50. The zero-order valence-electron chi connectivity index (χ0n) is 17.3. The Kier molecular flexibility index (Phi) is 5.49. The molecule has 2 aromatic rings. The van der Waals surface area contributed by atoms with Crippen LogP contribution in [0.5, 0.6) is 0 Å². The third kappa shape index (κ3) is 4.38. The van der Waals surface area contributed by atoms with E-state index >= 15 is 0 Å². The van der Waals surface area contributed by atoms with Gasteiger partial charge < -0.3 is 19.7 Å². The Morgan fingerprint density at radius 3 is 2.83 bits per heavy atom. The first-order valence-electron chi connectivity index (χ1n) is 10.5. The summed E-state index contributed by atoms with van der Waals surface area (Å²) in [6.45, 7) is 4.91. The summed E-state index contributed by atoms with van der Waals surface area (Å²) < 4.78 is 8.27. The summed E-state index contributed by atoms with van der Waals surface area (Å²) in [5.41, 5.74) is 0.431. The molecular formula is C23H31N3O3. The first kappa shape index (κ1) is 20.1. The van der Waals surface area contributed by atoms with Crippen LogP contribution < -0.4 is 5.32 Å². The maximum atomic E-state index is 12.3. The molecule has 3 heterocycles. The standard InChI is InChI=1S/C23H31N3O3/c1-22-9-8-18(14-25-20(27)15-26-11-10-24-16-26)21(28)23(2,29-22)13-19(12-22)17-6-4-3-5-7-17/h3-7,10-11,16,18-19,21,28H,8-9,12-15H2,1-2H3,(H,25,27)/t18-,19-,21-,22-,23-/m0/s1. The lowest BCUT2D eigenvalue weighted by atomic mass is 9.74. The molecule has 0 unspecified atom stereocenters. The molecule has 6 nitrogen and oxygen atoms in total. The van der Waals surface area contributed by atoms with Crippen molar-refractivity contribution >= 4 is 5.91 Å². The van der Waals surface area contributed by atoms with Crippen molar-refractivity contribution in [1.29, 1.82) is 0 Å². The summed E-state index contributed by atoms with van der Waals surface area (Å²) in [6.07, 6.45) is 7.89. The minimum absolute atomic E-state index is 0.0249. The molecule has 4 rings (SSSR count). The Hall–Kier alpha value is -2.18. The molecule has 2 saturated heterocycles. The molecule has 2 aliphatic rings. The molecule has 2 fully saturated rings. The number of carbonyl (C=O) groups excluding carboxylic acids is 1. The predicted octanol–water partition coefficient (Wildman–Crippen LogP) is 2.88. The average Bonchev–Trinajstić information content (AvgIpc) is 3.18. The van der Waals surface area contributed by atoms with Crippen LogP contribution in [0.2, 0.25) is 0 Å². The molecule has 0 aliphatic carbocycles. The molecule has 1 aromatic carbocycles. The smallest absolute Gasteiger partial charge is 0.239 e. The monoisotopic (exact) mass is 397 g/mol. The van der Waals surface area contributed by atoms with E-state index in [-0.39, 0.29) is 24.0 Å². The lowest BCUT2D eigenvalue weighted by molar-refractivity contribution is -0.215. The number of aliphatic hydroxyl groups is 1. The van der Waals surface area contributed by atoms with Gasteiger partial charge in [0.2, 0.25) is 5.91 Å². The van der Waals surface area contributed by atoms with E-state index in [1.54, 1.807) is 23.3 Å². The zero-order chi connectivity index (χ0) is 20.5. The first-order valence-corrected chi connectivity index (χ1v) is 10.5. The Balaban J connectivity index is 1.45. The van der Waals surface area contributed by atoms with E-state index in [0.29, 0.717) is 12.5 Å². The number of nitrogens with one attached hydrogen (secondary N) is 1. The van der Waals surface area contributed by atoms with Crippen molar-refractivity contribution in [2.45, 2.75) is 69.3 Å². The van der Waals surface area contributed by atoms with E-state index in [2.05, 4.69) is 41.5 Å². The second-order valence-corrected chi connectivity index (χ2v) is 9.16. The lowest BCUT2D eigenvalue weighted by Gasteiger charge is -2.49. The van der Waals surface area contributed by atoms with Crippen LogP contribution in [0.15, 0.2) is 49.1 Å². The van der Waals surface area contributed by atoms with Crippen molar-refractivity contribution in [2.75, 3.05) is 6.54 Å². The number of hydrogen-bond donors (Lipinski definition) is 2. The first-order chi connectivity index (χ1) is 13.9. The number of ether oxygens (including phenoxy) is 1. The Bertz CT molecular complexity index is 825. The maximum Gasteiger partial charge on any atom is 0.239 e. The van der Waals surface area contributed by atoms with Crippen LogP contribution in [-0.4, -0.2) is 44.4 Å². The number of nitrogens with zero attached hydrogens (tertiary/aromatic N) is 2. The van der Waals surface area contributed by atoms with Gasteiger partial charge in [0.25, 0.3) is 0 Å². The van der Waals surface area contributed by atoms with Crippen LogP contribution in [0.1, 0.15) is 51.0 Å². The van der Waals surface area contributed by atoms with Gasteiger partial charge in [-0.25, -0.2) is 4.98 Å². The van der Waals surface area contributed by atoms with Crippen LogP contribution in [-0.2, 0) is 16.1 Å². The Labute approximate surface area is 172 Å². The minimum atomic E-state index is -0.621. The quantitative estimate of drug-likeness (QED) is 0.813. The molecule has 2 bridgehead atoms. The lowest BCUT2D eigenvalue weighted by Crippen LogP contribution is -2.54. The molecule has 6 heteroatoms. The molecule has 1 amide bonds. The number of hydrogen-bond acceptors (Lipinski definition) is 4. The van der Waals surface area contributed by atoms with E-state index in [9.17, 15) is 9.90 Å². The Morgan fingerprint density at radius 1 is 1.31 bits per heavy atom. The van der Waals surface area contributed by atoms with Crippen LogP contribution >= 0.6 is 0 Å². The minimum Gasteiger partial charge on any atom is -0.390 e. The third-order valence-electron chi connectivity index (χ3n) is 6.64. The SMILES string of the molecule is C[C@]12CC[C@@H](CNC(=O)Cn3ccnc3)[C@H](O)[C@](C)(C[C@@H](c3ccccc3)C1)O2. The van der Waals surface area contributed by atoms with Crippen LogP contribution in [0.25, 0.3) is 0 Å². The summed E-state index contributed by atoms with van der Waals surface area (Å²) in [5, 5.41) is 14.3. The van der Waals surface area contributed by atoms with Gasteiger partial charge in [0.1, 0.15) is 6.54 Å². The fourth-order valence-electron chi connectivity index (χ4n) is 5.23. The van der Waals surface area contributed by atoms with Gasteiger partial charge in [-0.05, 0) is 51.0 Å². The largest absolute Gasteiger partial charge is 0.390 e. The van der Waals surface area contributed by atoms with E-state index in [1.807, 2.05) is 13.0 Å². The topological polar surface area (TPSA) is 76.4 Å². The molecule has 0 radical (unpaired) electrons. The van der Waals surface area contributed by atoms with Gasteiger partial charge in [0.05, 0.1) is 23.6 Å². The number of benzene rings is 1. The summed E-state index contributed by atoms with van der Waals surface area (Å²) >= 11 is 0. The van der Waals surface area contributed by atoms with Gasteiger partial charge in [-0.3, -0.25) is 4.79 Å². The fourth-order valence-corrected chi connectivity index (χ4v) is 5.23. The van der Waals surface area contributed by atoms with Gasteiger partial charge in [0.15, 0.2) is 0 Å². The van der Waals surface area contributed by atoms with Gasteiger partial charge in [-0.2, -0.15) is 0 Å². The summed E-state index contributed by atoms with van der Waals surface area (Å²) in [6, 6.07) is 10.5. The van der Waals surface area contributed by atoms with Crippen molar-refractivity contribution in [3.05, 3.63) is 54.6 Å². The molecule has 5 atom stereocenters. The van der Waals surface area contributed by atoms with E-state index in [0.717, 1.165) is 25.7 Å². The number of fused-ring (bicyclic) bond motifs is 2. The van der Waals surface area contributed by atoms with Crippen molar-refractivity contribution < 1.29 is 14.6 Å². The number of amides is 1. The third-order valence-corrected chi connectivity index (χ3v) is 6.64. The Morgan fingerprint density at radius 2 is 2.10 bits per heavy atom. The van der Waals surface area contributed by atoms with Gasteiger partial charge in [-0.15, -0.1) is 0 Å². The highest BCUT2D eigenvalue weighted by molar-refractivity contribution is 5.75. The van der Waals surface area contributed by atoms with E-state index < -0.39 is 11.7 Å². The highest BCUT2D eigenvalue weighted by Gasteiger charge is 2.52. The molecule has 2 N–H and O–H groups in total. The second-order valence-electron chi connectivity index (χ2n) is 9.16. The van der Waals surface area contributed by atoms with Crippen LogP contribution in [0.4, 0.5) is 0 Å². The molecular weight excluding hydrogens is 366 g/mol. The number of carbonyl (C=O) groups is 1. The average molecular weight is 398 g/mol. The zero-order valence-corrected chi connectivity index (χ0v) is 17.3. The van der Waals surface area contributed by atoms with Crippen LogP contribution in [0.3, 0.4) is 0 Å². The number of aliphatic hydroxyl groups excluding tert-OH is 1. The van der Waals surface area contributed by atoms with E-state index in [4.69, 9.17) is 4.74 Å². The molecule has 0 saturated carbocycles. The number of imidazole rings is 1. The molecule has 0 spiro atoms. The van der Waals surface area contributed by atoms with Crippen molar-refractivity contribution in [3.63, 3.8) is 0 Å². The van der Waals surface area contributed by atoms with E-state index in [1.165, 1.54) is 5.56 Å². The van der Waals surface area contributed by atoms with Gasteiger partial charge >= 0.3 is 0 Å². The van der Waals surface area contributed by atoms with Crippen molar-refractivity contribution in [2.24, 2.45) is 5.92 Å². The van der Waals surface area contributed by atoms with Crippen molar-refractivity contribution in [3.8, 4) is 0 Å². The molecule has 29 heavy (non-hydrogen) atoms. The number of aromatic nitrogens is 2. The van der Waals surface area contributed by atoms with Gasteiger partial charge in [-0.1, -0.05) is 30.3 Å². The van der Waals surface area contributed by atoms with Gasteiger partial charge in [0, 0.05) is 24.9 Å². The second kappa shape index (κ2) is 7.92. The van der Waals surface area contributed by atoms with Crippen LogP contribution in [0, 0.1) is 5.92 Å². The summed E-state index contributed by atoms with van der Waals surface area (Å²) in [5.74, 6) is 0.272. The number of rotatable bonds is 5. The molecule has 1 aromatic heterocycles. The molecule has 156 valence electrons. The maximum absolute atomic E-state index is 12.3.